The molecule has 0 aromatic rings. The minimum Gasteiger partial charge on any atom is -0.481 e. The molecule has 64 valence electrons. The predicted molar refractivity (Wildman–Crippen MR) is 42.3 cm³/mol. The van der Waals surface area contributed by atoms with Crippen LogP contribution in [-0.4, -0.2) is 22.3 Å². The van der Waals surface area contributed by atoms with Gasteiger partial charge in [-0.2, -0.15) is 0 Å². The second kappa shape index (κ2) is 5.92. The highest BCUT2D eigenvalue weighted by Crippen LogP contribution is 2.08. The van der Waals surface area contributed by atoms with Crippen molar-refractivity contribution in [3.8, 4) is 0 Å². The maximum absolute atomic E-state index is 9.00. The largest absolute Gasteiger partial charge is 0.481 e. The lowest BCUT2D eigenvalue weighted by atomic mass is 10.1. The molecule has 11 heavy (non-hydrogen) atoms. The molecule has 1 rings (SSSR count). The quantitative estimate of drug-likeness (QED) is 0.520. The molecule has 0 fully saturated rings. The van der Waals surface area contributed by atoms with Gasteiger partial charge in [0.15, 0.2) is 0 Å². The molecule has 3 nitrogen and oxygen atoms in total. The molecule has 1 aliphatic rings. The average molecular weight is 158 g/mol. The van der Waals surface area contributed by atoms with E-state index in [1.807, 2.05) is 12.2 Å². The lowest BCUT2D eigenvalue weighted by molar-refractivity contribution is -0.134. The predicted octanol–water partition coefficient (Wildman–Crippen LogP) is 1.18. The fourth-order valence-corrected chi connectivity index (χ4v) is 0.794. The summed E-state index contributed by atoms with van der Waals surface area (Å²) < 4.78 is 0. The van der Waals surface area contributed by atoms with Crippen LogP contribution in [0.1, 0.15) is 26.2 Å². The van der Waals surface area contributed by atoms with Crippen molar-refractivity contribution >= 4 is 5.97 Å². The van der Waals surface area contributed by atoms with Gasteiger partial charge in [0.2, 0.25) is 0 Å². The van der Waals surface area contributed by atoms with Crippen LogP contribution in [0.3, 0.4) is 0 Å². The highest BCUT2D eigenvalue weighted by molar-refractivity contribution is 5.62. The summed E-state index contributed by atoms with van der Waals surface area (Å²) in [5.74, 6) is -0.833. The van der Waals surface area contributed by atoms with Crippen molar-refractivity contribution < 1.29 is 15.0 Å². The van der Waals surface area contributed by atoms with Crippen LogP contribution in [0.2, 0.25) is 0 Å². The summed E-state index contributed by atoms with van der Waals surface area (Å²) in [6.45, 7) is 1.08. The maximum atomic E-state index is 9.00. The van der Waals surface area contributed by atoms with E-state index in [-0.39, 0.29) is 6.10 Å². The van der Waals surface area contributed by atoms with Crippen molar-refractivity contribution in [3.63, 3.8) is 0 Å². The fourth-order valence-electron chi connectivity index (χ4n) is 0.794. The first kappa shape index (κ1) is 10.2. The monoisotopic (exact) mass is 158 g/mol. The summed E-state index contributed by atoms with van der Waals surface area (Å²) in [6.07, 6.45) is 7.01. The minimum absolute atomic E-state index is 0.145. The first-order valence-corrected chi connectivity index (χ1v) is 3.67. The van der Waals surface area contributed by atoms with E-state index >= 15 is 0 Å². The SMILES string of the molecule is CC(=O)O.O[C@@H]1C=CCCC1. The second-order valence-electron chi connectivity index (χ2n) is 2.45. The lowest BCUT2D eigenvalue weighted by Crippen LogP contribution is -2.04. The van der Waals surface area contributed by atoms with Crippen molar-refractivity contribution in [2.24, 2.45) is 0 Å². The van der Waals surface area contributed by atoms with Crippen molar-refractivity contribution in [2.75, 3.05) is 0 Å². The molecular formula is C8H14O3. The summed E-state index contributed by atoms with van der Waals surface area (Å²) in [6, 6.07) is 0. The highest BCUT2D eigenvalue weighted by atomic mass is 16.4. The van der Waals surface area contributed by atoms with E-state index in [1.54, 1.807) is 0 Å². The fraction of sp³-hybridized carbons (Fsp3) is 0.625. The summed E-state index contributed by atoms with van der Waals surface area (Å²) in [5, 5.41) is 16.2. The van der Waals surface area contributed by atoms with E-state index in [0.29, 0.717) is 0 Å². The Bertz CT molecular complexity index is 136. The van der Waals surface area contributed by atoms with Crippen LogP contribution in [0.25, 0.3) is 0 Å². The van der Waals surface area contributed by atoms with Gasteiger partial charge < -0.3 is 10.2 Å². The third-order valence-electron chi connectivity index (χ3n) is 1.23. The van der Waals surface area contributed by atoms with Gasteiger partial charge in [0, 0.05) is 6.92 Å². The zero-order valence-electron chi connectivity index (χ0n) is 6.66. The highest BCUT2D eigenvalue weighted by Gasteiger charge is 2.00. The van der Waals surface area contributed by atoms with Crippen molar-refractivity contribution in [2.45, 2.75) is 32.3 Å². The molecule has 3 heteroatoms. The van der Waals surface area contributed by atoms with Gasteiger partial charge in [0.25, 0.3) is 5.97 Å². The molecule has 0 saturated carbocycles. The molecule has 0 radical (unpaired) electrons. The van der Waals surface area contributed by atoms with Crippen LogP contribution in [0.15, 0.2) is 12.2 Å². The third-order valence-corrected chi connectivity index (χ3v) is 1.23. The number of rotatable bonds is 0. The lowest BCUT2D eigenvalue weighted by Gasteiger charge is -2.07. The van der Waals surface area contributed by atoms with Crippen molar-refractivity contribution in [1.29, 1.82) is 0 Å². The van der Waals surface area contributed by atoms with E-state index in [4.69, 9.17) is 15.0 Å². The molecule has 0 aromatic carbocycles. The van der Waals surface area contributed by atoms with E-state index in [2.05, 4.69) is 0 Å². The Labute approximate surface area is 66.4 Å². The van der Waals surface area contributed by atoms with Crippen LogP contribution in [0.4, 0.5) is 0 Å². The second-order valence-corrected chi connectivity index (χ2v) is 2.45. The summed E-state index contributed by atoms with van der Waals surface area (Å²) in [7, 11) is 0. The van der Waals surface area contributed by atoms with Gasteiger partial charge in [-0.3, -0.25) is 4.79 Å². The van der Waals surface area contributed by atoms with Gasteiger partial charge in [-0.1, -0.05) is 12.2 Å². The molecule has 0 aliphatic heterocycles. The van der Waals surface area contributed by atoms with Crippen molar-refractivity contribution in [3.05, 3.63) is 12.2 Å². The van der Waals surface area contributed by atoms with Crippen LogP contribution >= 0.6 is 0 Å². The number of aliphatic hydroxyl groups is 1. The Morgan fingerprint density at radius 3 is 2.36 bits per heavy atom. The Hall–Kier alpha value is -0.830. The first-order valence-electron chi connectivity index (χ1n) is 3.67. The van der Waals surface area contributed by atoms with Gasteiger partial charge in [-0.05, 0) is 19.3 Å². The number of aliphatic carboxylic acids is 1. The number of carbonyl (C=O) groups is 1. The molecule has 0 bridgehead atoms. The molecule has 0 spiro atoms. The van der Waals surface area contributed by atoms with Gasteiger partial charge >= 0.3 is 0 Å². The number of carboxylic acid groups (broad SMARTS) is 1. The molecule has 0 heterocycles. The van der Waals surface area contributed by atoms with Gasteiger partial charge in [0.05, 0.1) is 6.10 Å². The third kappa shape index (κ3) is 9.17. The molecule has 0 amide bonds. The molecular weight excluding hydrogens is 144 g/mol. The van der Waals surface area contributed by atoms with Crippen LogP contribution in [-0.2, 0) is 4.79 Å². The normalized spacial score (nSPS) is 21.8. The summed E-state index contributed by atoms with van der Waals surface area (Å²) in [4.78, 5) is 9.00. The van der Waals surface area contributed by atoms with Gasteiger partial charge in [-0.15, -0.1) is 0 Å². The van der Waals surface area contributed by atoms with Gasteiger partial charge in [0.1, 0.15) is 0 Å². The molecule has 0 unspecified atom stereocenters. The standard InChI is InChI=1S/C6H10O.C2H4O2/c7-6-4-2-1-3-5-6;1-2(3)4/h2,4,6-7H,1,3,5H2;1H3,(H,3,4)/t6-;/m1./s1. The van der Waals surface area contributed by atoms with Crippen LogP contribution in [0.5, 0.6) is 0 Å². The Balaban J connectivity index is 0.000000218. The maximum Gasteiger partial charge on any atom is 0.300 e. The van der Waals surface area contributed by atoms with Crippen LogP contribution in [0, 0.1) is 0 Å². The zero-order chi connectivity index (χ0) is 8.69. The number of carboxylic acids is 1. The molecule has 1 atom stereocenters. The van der Waals surface area contributed by atoms with E-state index in [1.165, 1.54) is 0 Å². The number of allylic oxidation sites excluding steroid dienone is 1. The molecule has 2 N–H and O–H groups in total. The number of hydrogen-bond donors (Lipinski definition) is 2. The Morgan fingerprint density at radius 2 is 2.18 bits per heavy atom. The van der Waals surface area contributed by atoms with E-state index in [9.17, 15) is 0 Å². The van der Waals surface area contributed by atoms with E-state index in [0.717, 1.165) is 26.2 Å². The van der Waals surface area contributed by atoms with E-state index < -0.39 is 5.97 Å². The molecule has 0 aromatic heterocycles. The van der Waals surface area contributed by atoms with Crippen LogP contribution < -0.4 is 0 Å². The Morgan fingerprint density at radius 1 is 1.64 bits per heavy atom. The Kier molecular flexibility index (Phi) is 5.47. The van der Waals surface area contributed by atoms with Crippen molar-refractivity contribution in [1.82, 2.24) is 0 Å². The number of aliphatic hydroxyl groups excluding tert-OH is 1. The zero-order valence-corrected chi connectivity index (χ0v) is 6.66. The topological polar surface area (TPSA) is 57.5 Å². The molecule has 1 aliphatic carbocycles. The smallest absolute Gasteiger partial charge is 0.300 e. The molecule has 0 saturated heterocycles. The number of hydrogen-bond acceptors (Lipinski definition) is 2. The summed E-state index contributed by atoms with van der Waals surface area (Å²) in [5.41, 5.74) is 0. The van der Waals surface area contributed by atoms with Gasteiger partial charge in [-0.25, -0.2) is 0 Å². The summed E-state index contributed by atoms with van der Waals surface area (Å²) >= 11 is 0. The average Bonchev–Trinajstić information content (AvgIpc) is 1.87. The minimum atomic E-state index is -0.833. The first-order chi connectivity index (χ1) is 5.13.